The lowest BCUT2D eigenvalue weighted by molar-refractivity contribution is 0.573. The number of guanidine groups is 1. The average molecular weight is 373 g/mol. The third kappa shape index (κ3) is 14.3. The molecule has 5 heteroatoms. The zero-order valence-corrected chi connectivity index (χ0v) is 14.7. The van der Waals surface area contributed by atoms with Crippen LogP contribution < -0.4 is 10.6 Å². The fourth-order valence-corrected chi connectivity index (χ4v) is 1.64. The second kappa shape index (κ2) is 14.4. The van der Waals surface area contributed by atoms with Crippen molar-refractivity contribution in [2.24, 2.45) is 10.9 Å². The van der Waals surface area contributed by atoms with Gasteiger partial charge in [-0.3, -0.25) is 4.99 Å². The van der Waals surface area contributed by atoms with E-state index >= 15 is 0 Å². The summed E-state index contributed by atoms with van der Waals surface area (Å²) in [5.41, 5.74) is 0. The van der Waals surface area contributed by atoms with Crippen LogP contribution in [-0.2, 0) is 0 Å². The summed E-state index contributed by atoms with van der Waals surface area (Å²) >= 11 is 1.88. The van der Waals surface area contributed by atoms with Gasteiger partial charge in [0.05, 0.1) is 0 Å². The number of aliphatic imine (C=N–C) groups is 1. The number of hydrogen-bond donors (Lipinski definition) is 2. The van der Waals surface area contributed by atoms with Crippen molar-refractivity contribution in [3.8, 4) is 0 Å². The van der Waals surface area contributed by atoms with Gasteiger partial charge in [-0.15, -0.1) is 24.0 Å². The molecule has 0 atom stereocenters. The first-order valence-electron chi connectivity index (χ1n) is 6.21. The molecule has 0 bridgehead atoms. The molecule has 2 N–H and O–H groups in total. The molecule has 0 aliphatic carbocycles. The van der Waals surface area contributed by atoms with Crippen molar-refractivity contribution < 1.29 is 0 Å². The zero-order chi connectivity index (χ0) is 12.2. The van der Waals surface area contributed by atoms with Crippen molar-refractivity contribution in [3.63, 3.8) is 0 Å². The first-order chi connectivity index (χ1) is 7.70. The summed E-state index contributed by atoms with van der Waals surface area (Å²) in [6.07, 6.45) is 4.48. The third-order valence-corrected chi connectivity index (χ3v) is 2.83. The van der Waals surface area contributed by atoms with Crippen molar-refractivity contribution in [1.29, 1.82) is 0 Å². The van der Waals surface area contributed by atoms with Crippen LogP contribution in [0.5, 0.6) is 0 Å². The van der Waals surface area contributed by atoms with E-state index in [0.29, 0.717) is 0 Å². The van der Waals surface area contributed by atoms with Gasteiger partial charge in [0.2, 0.25) is 0 Å². The van der Waals surface area contributed by atoms with Gasteiger partial charge in [-0.2, -0.15) is 11.8 Å². The predicted octanol–water partition coefficient (Wildman–Crippen LogP) is 2.96. The van der Waals surface area contributed by atoms with Crippen molar-refractivity contribution in [2.45, 2.75) is 33.6 Å². The number of rotatable bonds is 8. The van der Waals surface area contributed by atoms with E-state index in [4.69, 9.17) is 0 Å². The van der Waals surface area contributed by atoms with Gasteiger partial charge >= 0.3 is 0 Å². The van der Waals surface area contributed by atoms with E-state index < -0.39 is 0 Å². The Morgan fingerprint density at radius 3 is 2.53 bits per heavy atom. The Morgan fingerprint density at radius 1 is 1.29 bits per heavy atom. The molecule has 0 saturated carbocycles. The average Bonchev–Trinajstić information content (AvgIpc) is 2.23. The van der Waals surface area contributed by atoms with Crippen LogP contribution in [0.3, 0.4) is 0 Å². The van der Waals surface area contributed by atoms with Gasteiger partial charge in [0.15, 0.2) is 5.96 Å². The molecule has 0 aliphatic rings. The number of nitrogens with one attached hydrogen (secondary N) is 2. The molecule has 0 spiro atoms. The van der Waals surface area contributed by atoms with E-state index in [0.717, 1.165) is 37.9 Å². The van der Waals surface area contributed by atoms with E-state index in [1.165, 1.54) is 12.2 Å². The van der Waals surface area contributed by atoms with Gasteiger partial charge in [0.25, 0.3) is 0 Å². The molecule has 0 rings (SSSR count). The molecule has 0 aromatic rings. The Bertz CT molecular complexity index is 187. The van der Waals surface area contributed by atoms with Crippen molar-refractivity contribution in [1.82, 2.24) is 10.6 Å². The minimum absolute atomic E-state index is 0. The highest BCUT2D eigenvalue weighted by molar-refractivity contribution is 14.0. The Kier molecular flexibility index (Phi) is 16.7. The van der Waals surface area contributed by atoms with Gasteiger partial charge in [-0.05, 0) is 37.7 Å². The normalized spacial score (nSPS) is 11.2. The van der Waals surface area contributed by atoms with Crippen LogP contribution in [0.1, 0.15) is 33.6 Å². The summed E-state index contributed by atoms with van der Waals surface area (Å²) in [7, 11) is 0. The van der Waals surface area contributed by atoms with Gasteiger partial charge < -0.3 is 10.6 Å². The maximum atomic E-state index is 4.53. The van der Waals surface area contributed by atoms with E-state index in [1.54, 1.807) is 0 Å². The Balaban J connectivity index is 0. The molecule has 0 amide bonds. The van der Waals surface area contributed by atoms with Crippen LogP contribution >= 0.6 is 35.7 Å². The zero-order valence-electron chi connectivity index (χ0n) is 11.6. The van der Waals surface area contributed by atoms with Crippen LogP contribution in [-0.4, -0.2) is 37.6 Å². The van der Waals surface area contributed by atoms with Gasteiger partial charge in [0, 0.05) is 19.6 Å². The quantitative estimate of drug-likeness (QED) is 0.297. The van der Waals surface area contributed by atoms with Crippen LogP contribution in [0, 0.1) is 5.92 Å². The highest BCUT2D eigenvalue weighted by Crippen LogP contribution is 1.97. The van der Waals surface area contributed by atoms with Gasteiger partial charge in [0.1, 0.15) is 0 Å². The smallest absolute Gasteiger partial charge is 0.191 e. The molecule has 3 nitrogen and oxygen atoms in total. The molecule has 17 heavy (non-hydrogen) atoms. The largest absolute Gasteiger partial charge is 0.357 e. The van der Waals surface area contributed by atoms with E-state index in [9.17, 15) is 0 Å². The van der Waals surface area contributed by atoms with Crippen molar-refractivity contribution >= 4 is 41.7 Å². The standard InChI is InChI=1S/C12H27N3S.HI/c1-5-13-12(14-8-6-10-16-4)15-9-7-11(2)3;/h11H,5-10H2,1-4H3,(H2,13,14,15);1H. The molecule has 0 fully saturated rings. The van der Waals surface area contributed by atoms with Crippen LogP contribution in [0.2, 0.25) is 0 Å². The summed E-state index contributed by atoms with van der Waals surface area (Å²) in [5.74, 6) is 2.89. The SMILES string of the molecule is CCNC(=NCCCSC)NCCC(C)C.I. The Hall–Kier alpha value is 0.350. The summed E-state index contributed by atoms with van der Waals surface area (Å²) in [6.45, 7) is 9.43. The van der Waals surface area contributed by atoms with Crippen molar-refractivity contribution in [2.75, 3.05) is 31.6 Å². The summed E-state index contributed by atoms with van der Waals surface area (Å²) < 4.78 is 0. The molecule has 0 saturated heterocycles. The molecule has 0 heterocycles. The molecule has 104 valence electrons. The third-order valence-electron chi connectivity index (χ3n) is 2.13. The number of hydrogen-bond acceptors (Lipinski definition) is 2. The van der Waals surface area contributed by atoms with E-state index in [-0.39, 0.29) is 24.0 Å². The highest BCUT2D eigenvalue weighted by atomic mass is 127. The minimum atomic E-state index is 0. The first kappa shape index (κ1) is 19.7. The maximum Gasteiger partial charge on any atom is 0.191 e. The van der Waals surface area contributed by atoms with Crippen LogP contribution in [0.15, 0.2) is 4.99 Å². The molecular formula is C12H28IN3S. The first-order valence-corrected chi connectivity index (χ1v) is 7.61. The maximum absolute atomic E-state index is 4.53. The Morgan fingerprint density at radius 2 is 2.00 bits per heavy atom. The van der Waals surface area contributed by atoms with E-state index in [2.05, 4.69) is 42.7 Å². The Labute approximate surface area is 128 Å². The van der Waals surface area contributed by atoms with Crippen molar-refractivity contribution in [3.05, 3.63) is 0 Å². The fourth-order valence-electron chi connectivity index (χ4n) is 1.22. The molecule has 0 aliphatic heterocycles. The molecule has 0 aromatic heterocycles. The molecular weight excluding hydrogens is 345 g/mol. The summed E-state index contributed by atoms with van der Waals surface area (Å²) in [6, 6.07) is 0. The molecule has 0 radical (unpaired) electrons. The number of halogens is 1. The monoisotopic (exact) mass is 373 g/mol. The number of nitrogens with zero attached hydrogens (tertiary/aromatic N) is 1. The molecule has 0 unspecified atom stereocenters. The molecule has 0 aromatic carbocycles. The highest BCUT2D eigenvalue weighted by Gasteiger charge is 1.97. The van der Waals surface area contributed by atoms with Gasteiger partial charge in [-0.1, -0.05) is 13.8 Å². The second-order valence-corrected chi connectivity index (χ2v) is 5.20. The van der Waals surface area contributed by atoms with Crippen LogP contribution in [0.25, 0.3) is 0 Å². The van der Waals surface area contributed by atoms with E-state index in [1.807, 2.05) is 11.8 Å². The minimum Gasteiger partial charge on any atom is -0.357 e. The predicted molar refractivity (Wildman–Crippen MR) is 91.9 cm³/mol. The lowest BCUT2D eigenvalue weighted by Gasteiger charge is -2.12. The lowest BCUT2D eigenvalue weighted by atomic mass is 10.1. The lowest BCUT2D eigenvalue weighted by Crippen LogP contribution is -2.38. The topological polar surface area (TPSA) is 36.4 Å². The summed E-state index contributed by atoms with van der Waals surface area (Å²) in [4.78, 5) is 4.53. The van der Waals surface area contributed by atoms with Gasteiger partial charge in [-0.25, -0.2) is 0 Å². The van der Waals surface area contributed by atoms with Crippen LogP contribution in [0.4, 0.5) is 0 Å². The summed E-state index contributed by atoms with van der Waals surface area (Å²) in [5, 5.41) is 6.63. The second-order valence-electron chi connectivity index (χ2n) is 4.22. The fraction of sp³-hybridized carbons (Fsp3) is 0.917. The number of thioether (sulfide) groups is 1.